The number of hydrogen-bond acceptors (Lipinski definition) is 2. The van der Waals surface area contributed by atoms with Crippen molar-refractivity contribution in [2.24, 2.45) is 0 Å². The SMILES string of the molecule is O=C(Cc1ccccc1)c1ccc2c(c1)CCCN2. The van der Waals surface area contributed by atoms with Gasteiger partial charge in [0.05, 0.1) is 0 Å². The van der Waals surface area contributed by atoms with E-state index in [1.54, 1.807) is 0 Å². The number of carbonyl (C=O) groups excluding carboxylic acids is 1. The molecule has 2 aromatic rings. The molecule has 3 rings (SSSR count). The summed E-state index contributed by atoms with van der Waals surface area (Å²) in [6.45, 7) is 1.03. The van der Waals surface area contributed by atoms with Gasteiger partial charge in [-0.1, -0.05) is 30.3 Å². The highest BCUT2D eigenvalue weighted by molar-refractivity contribution is 5.98. The van der Waals surface area contributed by atoms with Crippen molar-refractivity contribution in [3.05, 3.63) is 65.2 Å². The van der Waals surface area contributed by atoms with E-state index < -0.39 is 0 Å². The van der Waals surface area contributed by atoms with Crippen LogP contribution in [-0.2, 0) is 12.8 Å². The quantitative estimate of drug-likeness (QED) is 0.846. The number of rotatable bonds is 3. The highest BCUT2D eigenvalue weighted by atomic mass is 16.1. The number of ketones is 1. The number of hydrogen-bond donors (Lipinski definition) is 1. The predicted molar refractivity (Wildman–Crippen MR) is 77.7 cm³/mol. The first-order valence-corrected chi connectivity index (χ1v) is 6.77. The highest BCUT2D eigenvalue weighted by Gasteiger charge is 2.12. The van der Waals surface area contributed by atoms with Gasteiger partial charge >= 0.3 is 0 Å². The number of benzene rings is 2. The average molecular weight is 251 g/mol. The first kappa shape index (κ1) is 12.0. The fourth-order valence-corrected chi connectivity index (χ4v) is 2.53. The summed E-state index contributed by atoms with van der Waals surface area (Å²) in [5.74, 6) is 0.194. The van der Waals surface area contributed by atoms with Crippen molar-refractivity contribution in [3.63, 3.8) is 0 Å². The number of nitrogens with one attached hydrogen (secondary N) is 1. The van der Waals surface area contributed by atoms with Gasteiger partial charge in [-0.15, -0.1) is 0 Å². The largest absolute Gasteiger partial charge is 0.385 e. The van der Waals surface area contributed by atoms with Gasteiger partial charge in [-0.3, -0.25) is 4.79 Å². The second kappa shape index (κ2) is 5.27. The lowest BCUT2D eigenvalue weighted by Crippen LogP contribution is -2.13. The Bertz CT molecular complexity index is 589. The third kappa shape index (κ3) is 2.68. The molecule has 0 aliphatic carbocycles. The van der Waals surface area contributed by atoms with Crippen molar-refractivity contribution in [2.75, 3.05) is 11.9 Å². The Hall–Kier alpha value is -2.09. The van der Waals surface area contributed by atoms with Crippen LogP contribution in [0.1, 0.15) is 27.9 Å². The Morgan fingerprint density at radius 2 is 1.95 bits per heavy atom. The molecule has 0 saturated heterocycles. The number of fused-ring (bicyclic) bond motifs is 1. The van der Waals surface area contributed by atoms with E-state index in [4.69, 9.17) is 0 Å². The zero-order chi connectivity index (χ0) is 13.1. The molecule has 2 nitrogen and oxygen atoms in total. The second-order valence-electron chi connectivity index (χ2n) is 4.99. The molecule has 2 aromatic carbocycles. The molecule has 0 atom stereocenters. The lowest BCUT2D eigenvalue weighted by atomic mass is 9.97. The van der Waals surface area contributed by atoms with Crippen LogP contribution in [0.25, 0.3) is 0 Å². The molecule has 0 bridgehead atoms. The minimum atomic E-state index is 0.194. The molecule has 0 saturated carbocycles. The Morgan fingerprint density at radius 1 is 1.11 bits per heavy atom. The number of aryl methyl sites for hydroxylation is 1. The summed E-state index contributed by atoms with van der Waals surface area (Å²) in [5.41, 5.74) is 4.35. The van der Waals surface area contributed by atoms with Gasteiger partial charge in [-0.25, -0.2) is 0 Å². The summed E-state index contributed by atoms with van der Waals surface area (Å²) in [6, 6.07) is 15.9. The molecule has 1 aliphatic heterocycles. The number of anilines is 1. The van der Waals surface area contributed by atoms with Crippen molar-refractivity contribution in [1.82, 2.24) is 0 Å². The summed E-state index contributed by atoms with van der Waals surface area (Å²) >= 11 is 0. The van der Waals surface area contributed by atoms with Gasteiger partial charge in [-0.2, -0.15) is 0 Å². The van der Waals surface area contributed by atoms with E-state index in [-0.39, 0.29) is 5.78 Å². The van der Waals surface area contributed by atoms with Crippen LogP contribution < -0.4 is 5.32 Å². The fourth-order valence-electron chi connectivity index (χ4n) is 2.53. The summed E-state index contributed by atoms with van der Waals surface area (Å²) in [7, 11) is 0. The molecule has 2 heteroatoms. The van der Waals surface area contributed by atoms with Gasteiger partial charge in [-0.05, 0) is 42.2 Å². The Balaban J connectivity index is 1.80. The van der Waals surface area contributed by atoms with Gasteiger partial charge in [0.2, 0.25) is 0 Å². The van der Waals surface area contributed by atoms with Crippen molar-refractivity contribution in [1.29, 1.82) is 0 Å². The standard InChI is InChI=1S/C17H17NO/c19-17(11-13-5-2-1-3-6-13)15-8-9-16-14(12-15)7-4-10-18-16/h1-3,5-6,8-9,12,18H,4,7,10-11H2. The molecule has 0 unspecified atom stereocenters. The third-order valence-electron chi connectivity index (χ3n) is 3.57. The average Bonchev–Trinajstić information content (AvgIpc) is 2.48. The molecule has 96 valence electrons. The third-order valence-corrected chi connectivity index (χ3v) is 3.57. The van der Waals surface area contributed by atoms with Crippen molar-refractivity contribution < 1.29 is 4.79 Å². The zero-order valence-corrected chi connectivity index (χ0v) is 10.9. The first-order chi connectivity index (χ1) is 9.33. The molecule has 1 N–H and O–H groups in total. The van der Waals surface area contributed by atoms with E-state index in [2.05, 4.69) is 5.32 Å². The summed E-state index contributed by atoms with van der Waals surface area (Å²) in [5, 5.41) is 3.37. The van der Waals surface area contributed by atoms with E-state index in [0.717, 1.165) is 30.5 Å². The van der Waals surface area contributed by atoms with E-state index in [0.29, 0.717) is 6.42 Å². The van der Waals surface area contributed by atoms with Gasteiger partial charge in [0, 0.05) is 24.2 Å². The van der Waals surface area contributed by atoms with Crippen LogP contribution >= 0.6 is 0 Å². The molecule has 0 aromatic heterocycles. The second-order valence-corrected chi connectivity index (χ2v) is 4.99. The normalized spacial score (nSPS) is 13.5. The molecule has 1 heterocycles. The minimum Gasteiger partial charge on any atom is -0.385 e. The predicted octanol–water partition coefficient (Wildman–Crippen LogP) is 3.47. The highest BCUT2D eigenvalue weighted by Crippen LogP contribution is 2.23. The molecule has 0 amide bonds. The van der Waals surface area contributed by atoms with E-state index in [1.807, 2.05) is 48.5 Å². The lowest BCUT2D eigenvalue weighted by Gasteiger charge is -2.18. The molecular weight excluding hydrogens is 234 g/mol. The first-order valence-electron chi connectivity index (χ1n) is 6.77. The molecule has 0 spiro atoms. The monoisotopic (exact) mass is 251 g/mol. The van der Waals surface area contributed by atoms with Crippen LogP contribution in [0.4, 0.5) is 5.69 Å². The maximum Gasteiger partial charge on any atom is 0.167 e. The molecular formula is C17H17NO. The van der Waals surface area contributed by atoms with E-state index in [1.165, 1.54) is 11.3 Å². The van der Waals surface area contributed by atoms with Crippen LogP contribution in [-0.4, -0.2) is 12.3 Å². The molecule has 0 fully saturated rings. The van der Waals surface area contributed by atoms with Gasteiger partial charge in [0.15, 0.2) is 5.78 Å². The van der Waals surface area contributed by atoms with Gasteiger partial charge < -0.3 is 5.32 Å². The van der Waals surface area contributed by atoms with Crippen molar-refractivity contribution >= 4 is 11.5 Å². The summed E-state index contributed by atoms with van der Waals surface area (Å²) in [4.78, 5) is 12.3. The Morgan fingerprint density at radius 3 is 2.79 bits per heavy atom. The van der Waals surface area contributed by atoms with Crippen LogP contribution in [0.5, 0.6) is 0 Å². The van der Waals surface area contributed by atoms with Crippen LogP contribution in [0.15, 0.2) is 48.5 Å². The number of carbonyl (C=O) groups is 1. The summed E-state index contributed by atoms with van der Waals surface area (Å²) < 4.78 is 0. The Kier molecular flexibility index (Phi) is 3.32. The Labute approximate surface area is 113 Å². The molecule has 19 heavy (non-hydrogen) atoms. The topological polar surface area (TPSA) is 29.1 Å². The van der Waals surface area contributed by atoms with E-state index in [9.17, 15) is 4.79 Å². The number of Topliss-reactive ketones (excluding diaryl/α,β-unsaturated/α-hetero) is 1. The lowest BCUT2D eigenvalue weighted by molar-refractivity contribution is 0.0993. The van der Waals surface area contributed by atoms with Crippen LogP contribution in [0.2, 0.25) is 0 Å². The summed E-state index contributed by atoms with van der Waals surface area (Å²) in [6.07, 6.45) is 2.69. The van der Waals surface area contributed by atoms with Gasteiger partial charge in [0.1, 0.15) is 0 Å². The van der Waals surface area contributed by atoms with Crippen molar-refractivity contribution in [2.45, 2.75) is 19.3 Å². The van der Waals surface area contributed by atoms with E-state index >= 15 is 0 Å². The maximum atomic E-state index is 12.3. The minimum absolute atomic E-state index is 0.194. The fraction of sp³-hybridized carbons (Fsp3) is 0.235. The van der Waals surface area contributed by atoms with Gasteiger partial charge in [0.25, 0.3) is 0 Å². The smallest absolute Gasteiger partial charge is 0.167 e. The zero-order valence-electron chi connectivity index (χ0n) is 10.9. The maximum absolute atomic E-state index is 12.3. The molecule has 1 aliphatic rings. The van der Waals surface area contributed by atoms with Crippen molar-refractivity contribution in [3.8, 4) is 0 Å². The van der Waals surface area contributed by atoms with Crippen LogP contribution in [0, 0.1) is 0 Å². The molecule has 0 radical (unpaired) electrons. The van der Waals surface area contributed by atoms with Crippen LogP contribution in [0.3, 0.4) is 0 Å².